The van der Waals surface area contributed by atoms with Crippen molar-refractivity contribution in [1.82, 2.24) is 5.32 Å². The summed E-state index contributed by atoms with van der Waals surface area (Å²) in [5.74, 6) is -0.497. The van der Waals surface area contributed by atoms with E-state index in [4.69, 9.17) is 4.74 Å². The second-order valence-electron chi connectivity index (χ2n) is 19.0. The van der Waals surface area contributed by atoms with Crippen LogP contribution in [0, 0.1) is 0 Å². The molecule has 3 atom stereocenters. The van der Waals surface area contributed by atoms with Crippen LogP contribution in [0.4, 0.5) is 0 Å². The van der Waals surface area contributed by atoms with Gasteiger partial charge in [0.15, 0.2) is 0 Å². The Labute approximate surface area is 397 Å². The largest absolute Gasteiger partial charge is 0.462 e. The lowest BCUT2D eigenvalue weighted by Crippen LogP contribution is -2.46. The van der Waals surface area contributed by atoms with Crippen molar-refractivity contribution in [1.29, 1.82) is 0 Å². The van der Waals surface area contributed by atoms with Crippen molar-refractivity contribution in [3.63, 3.8) is 0 Å². The molecule has 0 aromatic carbocycles. The summed E-state index contributed by atoms with van der Waals surface area (Å²) < 4.78 is 5.94. The van der Waals surface area contributed by atoms with E-state index in [1.807, 2.05) is 0 Å². The second kappa shape index (κ2) is 51.8. The standard InChI is InChI=1S/C58H107NO5/c1-4-7-10-13-16-19-22-25-27-28-29-30-33-36-39-42-45-48-51-58(63)64-54(49-46-43-40-37-34-32-26-23-20-17-14-11-8-5-2)52-57(62)59-55(53-60)56(61)50-47-44-41-38-35-31-24-21-18-15-12-9-6-3/h8,11,17,20,26,29-30,32,54-56,60-61H,4-7,9-10,12-16,18-19,21-25,27-28,31,33-53H2,1-3H3,(H,59,62)/b11-8+,20-17+,30-29+,32-26+. The Morgan fingerprint density at radius 2 is 0.844 bits per heavy atom. The van der Waals surface area contributed by atoms with Crippen LogP contribution < -0.4 is 5.32 Å². The van der Waals surface area contributed by atoms with Crippen LogP contribution in [-0.4, -0.2) is 46.9 Å². The maximum absolute atomic E-state index is 13.2. The zero-order valence-electron chi connectivity index (χ0n) is 42.7. The van der Waals surface area contributed by atoms with Crippen LogP contribution in [0.25, 0.3) is 0 Å². The minimum atomic E-state index is -0.795. The summed E-state index contributed by atoms with van der Waals surface area (Å²) in [6, 6.07) is -0.710. The summed E-state index contributed by atoms with van der Waals surface area (Å²) in [6.07, 6.45) is 63.2. The van der Waals surface area contributed by atoms with Gasteiger partial charge < -0.3 is 20.3 Å². The normalized spacial score (nSPS) is 13.5. The molecule has 0 rings (SSSR count). The first kappa shape index (κ1) is 61.8. The molecule has 0 saturated heterocycles. The summed E-state index contributed by atoms with van der Waals surface area (Å²) >= 11 is 0. The van der Waals surface area contributed by atoms with Gasteiger partial charge in [-0.05, 0) is 83.5 Å². The van der Waals surface area contributed by atoms with Crippen molar-refractivity contribution >= 4 is 11.9 Å². The maximum Gasteiger partial charge on any atom is 0.306 e. The first-order valence-corrected chi connectivity index (χ1v) is 27.9. The van der Waals surface area contributed by atoms with Crippen LogP contribution in [-0.2, 0) is 14.3 Å². The van der Waals surface area contributed by atoms with E-state index in [2.05, 4.69) is 74.7 Å². The fourth-order valence-corrected chi connectivity index (χ4v) is 8.44. The molecule has 6 nitrogen and oxygen atoms in total. The summed E-state index contributed by atoms with van der Waals surface area (Å²) in [7, 11) is 0. The molecule has 3 N–H and O–H groups in total. The fraction of sp³-hybridized carbons (Fsp3) is 0.828. The second-order valence-corrected chi connectivity index (χ2v) is 19.0. The quantitative estimate of drug-likeness (QED) is 0.0321. The van der Waals surface area contributed by atoms with Gasteiger partial charge in [-0.2, -0.15) is 0 Å². The predicted octanol–water partition coefficient (Wildman–Crippen LogP) is 17.0. The number of aliphatic hydroxyl groups excluding tert-OH is 2. The highest BCUT2D eigenvalue weighted by molar-refractivity contribution is 5.77. The van der Waals surface area contributed by atoms with E-state index in [0.29, 0.717) is 19.3 Å². The van der Waals surface area contributed by atoms with Crippen molar-refractivity contribution in [3.05, 3.63) is 48.6 Å². The number of unbranched alkanes of at least 4 members (excludes halogenated alkanes) is 30. The first-order chi connectivity index (χ1) is 31.5. The number of ether oxygens (including phenoxy) is 1. The number of hydrogen-bond donors (Lipinski definition) is 3. The van der Waals surface area contributed by atoms with E-state index in [-0.39, 0.29) is 24.9 Å². The lowest BCUT2D eigenvalue weighted by Gasteiger charge is -2.24. The number of rotatable bonds is 50. The summed E-state index contributed by atoms with van der Waals surface area (Å²) in [6.45, 7) is 6.38. The summed E-state index contributed by atoms with van der Waals surface area (Å²) in [5, 5.41) is 23.8. The molecule has 0 fully saturated rings. The third-order valence-corrected chi connectivity index (χ3v) is 12.6. The molecule has 3 unspecified atom stereocenters. The number of carbonyl (C=O) groups is 2. The van der Waals surface area contributed by atoms with Gasteiger partial charge in [0.05, 0.1) is 25.2 Å². The smallest absolute Gasteiger partial charge is 0.306 e. The number of aliphatic hydroxyl groups is 2. The van der Waals surface area contributed by atoms with Crippen molar-refractivity contribution < 1.29 is 24.5 Å². The Balaban J connectivity index is 4.57. The minimum absolute atomic E-state index is 0.0604. The molecule has 0 radical (unpaired) electrons. The molecular weight excluding hydrogens is 791 g/mol. The molecule has 0 aliphatic rings. The minimum Gasteiger partial charge on any atom is -0.462 e. The van der Waals surface area contributed by atoms with Gasteiger partial charge in [0.25, 0.3) is 0 Å². The Bertz CT molecular complexity index is 1100. The Kier molecular flexibility index (Phi) is 50.0. The van der Waals surface area contributed by atoms with E-state index < -0.39 is 18.2 Å². The molecule has 0 bridgehead atoms. The molecule has 374 valence electrons. The Morgan fingerprint density at radius 1 is 0.469 bits per heavy atom. The monoisotopic (exact) mass is 898 g/mol. The van der Waals surface area contributed by atoms with Gasteiger partial charge in [-0.3, -0.25) is 9.59 Å². The van der Waals surface area contributed by atoms with E-state index in [1.54, 1.807) is 0 Å². The van der Waals surface area contributed by atoms with Crippen LogP contribution in [0.15, 0.2) is 48.6 Å². The highest BCUT2D eigenvalue weighted by Crippen LogP contribution is 2.18. The molecule has 1 amide bonds. The molecule has 0 aromatic rings. The van der Waals surface area contributed by atoms with Gasteiger partial charge in [-0.15, -0.1) is 0 Å². The third-order valence-electron chi connectivity index (χ3n) is 12.6. The van der Waals surface area contributed by atoms with E-state index in [9.17, 15) is 19.8 Å². The third kappa shape index (κ3) is 46.4. The summed E-state index contributed by atoms with van der Waals surface area (Å²) in [5.41, 5.74) is 0. The van der Waals surface area contributed by atoms with Gasteiger partial charge >= 0.3 is 5.97 Å². The average molecular weight is 898 g/mol. The van der Waals surface area contributed by atoms with Crippen LogP contribution >= 0.6 is 0 Å². The molecular formula is C58H107NO5. The van der Waals surface area contributed by atoms with E-state index >= 15 is 0 Å². The topological polar surface area (TPSA) is 95.9 Å². The zero-order chi connectivity index (χ0) is 46.7. The molecule has 0 aliphatic heterocycles. The number of hydrogen-bond acceptors (Lipinski definition) is 5. The molecule has 0 spiro atoms. The van der Waals surface area contributed by atoms with Crippen molar-refractivity contribution in [2.24, 2.45) is 0 Å². The van der Waals surface area contributed by atoms with Gasteiger partial charge in [0, 0.05) is 6.42 Å². The first-order valence-electron chi connectivity index (χ1n) is 27.9. The van der Waals surface area contributed by atoms with Crippen LogP contribution in [0.2, 0.25) is 0 Å². The van der Waals surface area contributed by atoms with E-state index in [0.717, 1.165) is 96.3 Å². The molecule has 0 aliphatic carbocycles. The number of amides is 1. The average Bonchev–Trinajstić information content (AvgIpc) is 3.29. The fourth-order valence-electron chi connectivity index (χ4n) is 8.44. The number of allylic oxidation sites excluding steroid dienone is 8. The SMILES string of the molecule is CC/C=C/C/C=C/C/C=C/CCCCCCC(CC(=O)NC(CO)C(O)CCCCCCCCCCCCCCC)OC(=O)CCCCCCC/C=C/CCCCCCCCCCC. The Hall–Kier alpha value is -2.18. The van der Waals surface area contributed by atoms with Gasteiger partial charge in [0.1, 0.15) is 6.10 Å². The van der Waals surface area contributed by atoms with Crippen LogP contribution in [0.5, 0.6) is 0 Å². The van der Waals surface area contributed by atoms with Crippen molar-refractivity contribution in [2.45, 2.75) is 302 Å². The highest BCUT2D eigenvalue weighted by Gasteiger charge is 2.24. The predicted molar refractivity (Wildman–Crippen MR) is 278 cm³/mol. The lowest BCUT2D eigenvalue weighted by molar-refractivity contribution is -0.151. The maximum atomic E-state index is 13.2. The van der Waals surface area contributed by atoms with Crippen molar-refractivity contribution in [2.75, 3.05) is 6.61 Å². The van der Waals surface area contributed by atoms with Gasteiger partial charge in [-0.1, -0.05) is 236 Å². The highest BCUT2D eigenvalue weighted by atomic mass is 16.5. The van der Waals surface area contributed by atoms with Crippen molar-refractivity contribution in [3.8, 4) is 0 Å². The molecule has 0 saturated carbocycles. The van der Waals surface area contributed by atoms with Gasteiger partial charge in [-0.25, -0.2) is 0 Å². The van der Waals surface area contributed by atoms with Gasteiger partial charge in [0.2, 0.25) is 5.91 Å². The molecule has 0 aromatic heterocycles. The zero-order valence-corrected chi connectivity index (χ0v) is 42.7. The lowest BCUT2D eigenvalue weighted by atomic mass is 10.0. The number of esters is 1. The summed E-state index contributed by atoms with van der Waals surface area (Å²) in [4.78, 5) is 26.2. The molecule has 6 heteroatoms. The number of nitrogens with one attached hydrogen (secondary N) is 1. The Morgan fingerprint density at radius 3 is 1.30 bits per heavy atom. The number of carbonyl (C=O) groups excluding carboxylic acids is 2. The molecule has 64 heavy (non-hydrogen) atoms. The van der Waals surface area contributed by atoms with Crippen LogP contribution in [0.1, 0.15) is 284 Å². The molecule has 0 heterocycles. The van der Waals surface area contributed by atoms with Crippen LogP contribution in [0.3, 0.4) is 0 Å². The van der Waals surface area contributed by atoms with E-state index in [1.165, 1.54) is 141 Å².